The molecule has 94 valence electrons. The third-order valence-corrected chi connectivity index (χ3v) is 3.29. The van der Waals surface area contributed by atoms with Crippen LogP contribution in [0.4, 0.5) is 4.39 Å². The predicted octanol–water partition coefficient (Wildman–Crippen LogP) is 2.08. The molecule has 1 aliphatic heterocycles. The van der Waals surface area contributed by atoms with Crippen molar-refractivity contribution in [2.45, 2.75) is 19.3 Å². The molecule has 3 nitrogen and oxygen atoms in total. The van der Waals surface area contributed by atoms with Crippen LogP contribution in [-0.4, -0.2) is 25.3 Å². The molecule has 0 bridgehead atoms. The molecule has 1 aliphatic rings. The van der Waals surface area contributed by atoms with Gasteiger partial charge >= 0.3 is 0 Å². The summed E-state index contributed by atoms with van der Waals surface area (Å²) in [5.74, 6) is -0.362. The maximum atomic E-state index is 13.6. The fourth-order valence-corrected chi connectivity index (χ4v) is 2.32. The molecule has 0 aromatic heterocycles. The Bertz CT molecular complexity index is 389. The zero-order chi connectivity index (χ0) is 12.3. The van der Waals surface area contributed by atoms with Gasteiger partial charge in [0, 0.05) is 0 Å². The summed E-state index contributed by atoms with van der Waals surface area (Å²) in [5, 5.41) is 13.1. The minimum Gasteiger partial charge on any atom is -0.505 e. The quantitative estimate of drug-likeness (QED) is 0.848. The van der Waals surface area contributed by atoms with E-state index in [0.717, 1.165) is 25.9 Å². The van der Waals surface area contributed by atoms with Crippen LogP contribution in [0.15, 0.2) is 12.1 Å². The van der Waals surface area contributed by atoms with E-state index in [9.17, 15) is 9.50 Å². The number of halogens is 1. The molecule has 0 amide bonds. The lowest BCUT2D eigenvalue weighted by Crippen LogP contribution is -2.30. The van der Waals surface area contributed by atoms with Crippen LogP contribution >= 0.6 is 0 Å². The summed E-state index contributed by atoms with van der Waals surface area (Å²) >= 11 is 0. The van der Waals surface area contributed by atoms with Crippen LogP contribution in [0.3, 0.4) is 0 Å². The van der Waals surface area contributed by atoms with Gasteiger partial charge in [0.1, 0.15) is 0 Å². The standard InChI is InChI=1S/C13H18FNO2/c1-17-11-5-4-10(13(16)12(11)14)7-9-3-2-6-15-8-9/h4-5,9,15-16H,2-3,6-8H2,1H3. The second-order valence-electron chi connectivity index (χ2n) is 4.51. The average molecular weight is 239 g/mol. The van der Waals surface area contributed by atoms with Gasteiger partial charge in [-0.25, -0.2) is 0 Å². The van der Waals surface area contributed by atoms with Gasteiger partial charge in [-0.15, -0.1) is 0 Å². The Morgan fingerprint density at radius 3 is 3.00 bits per heavy atom. The maximum Gasteiger partial charge on any atom is 0.206 e. The van der Waals surface area contributed by atoms with Crippen molar-refractivity contribution in [3.63, 3.8) is 0 Å². The topological polar surface area (TPSA) is 41.5 Å². The van der Waals surface area contributed by atoms with Crippen LogP contribution in [0.5, 0.6) is 11.5 Å². The van der Waals surface area contributed by atoms with E-state index in [1.807, 2.05) is 0 Å². The Morgan fingerprint density at radius 2 is 2.35 bits per heavy atom. The second-order valence-corrected chi connectivity index (χ2v) is 4.51. The van der Waals surface area contributed by atoms with Gasteiger partial charge in [0.05, 0.1) is 7.11 Å². The molecular weight excluding hydrogens is 221 g/mol. The smallest absolute Gasteiger partial charge is 0.206 e. The number of ether oxygens (including phenoxy) is 1. The molecule has 1 aromatic rings. The molecule has 2 rings (SSSR count). The summed E-state index contributed by atoms with van der Waals surface area (Å²) in [7, 11) is 1.39. The van der Waals surface area contributed by atoms with Crippen LogP contribution in [0.2, 0.25) is 0 Å². The van der Waals surface area contributed by atoms with Gasteiger partial charge in [-0.05, 0) is 49.9 Å². The zero-order valence-corrected chi connectivity index (χ0v) is 10.0. The highest BCUT2D eigenvalue weighted by atomic mass is 19.1. The number of aromatic hydroxyl groups is 1. The van der Waals surface area contributed by atoms with Crippen molar-refractivity contribution in [3.05, 3.63) is 23.5 Å². The zero-order valence-electron chi connectivity index (χ0n) is 10.0. The third kappa shape index (κ3) is 2.69. The second kappa shape index (κ2) is 5.36. The molecule has 1 saturated heterocycles. The number of hydrogen-bond acceptors (Lipinski definition) is 3. The highest BCUT2D eigenvalue weighted by molar-refractivity contribution is 5.41. The first kappa shape index (κ1) is 12.2. The normalized spacial score (nSPS) is 20.2. The number of hydrogen-bond donors (Lipinski definition) is 2. The predicted molar refractivity (Wildman–Crippen MR) is 63.9 cm³/mol. The molecule has 0 radical (unpaired) electrons. The molecule has 4 heteroatoms. The number of phenols is 1. The molecule has 1 unspecified atom stereocenters. The van der Waals surface area contributed by atoms with Gasteiger partial charge in [0.2, 0.25) is 5.82 Å². The first-order valence-corrected chi connectivity index (χ1v) is 5.97. The molecular formula is C13H18FNO2. The fourth-order valence-electron chi connectivity index (χ4n) is 2.32. The lowest BCUT2D eigenvalue weighted by Gasteiger charge is -2.23. The summed E-state index contributed by atoms with van der Waals surface area (Å²) in [6, 6.07) is 3.31. The van der Waals surface area contributed by atoms with Crippen LogP contribution in [0.1, 0.15) is 18.4 Å². The Labute approximate surface area is 101 Å². The molecule has 1 heterocycles. The van der Waals surface area contributed by atoms with Crippen molar-refractivity contribution in [2.75, 3.05) is 20.2 Å². The number of piperidine rings is 1. The number of rotatable bonds is 3. The van der Waals surface area contributed by atoms with Gasteiger partial charge in [-0.2, -0.15) is 4.39 Å². The van der Waals surface area contributed by atoms with Gasteiger partial charge in [0.25, 0.3) is 0 Å². The van der Waals surface area contributed by atoms with Crippen LogP contribution in [-0.2, 0) is 6.42 Å². The number of phenolic OH excluding ortho intramolecular Hbond substituents is 1. The lowest BCUT2D eigenvalue weighted by molar-refractivity contribution is 0.349. The Kier molecular flexibility index (Phi) is 3.84. The lowest BCUT2D eigenvalue weighted by atomic mass is 9.92. The Hall–Kier alpha value is -1.29. The van der Waals surface area contributed by atoms with Crippen LogP contribution in [0, 0.1) is 11.7 Å². The van der Waals surface area contributed by atoms with E-state index in [-0.39, 0.29) is 11.5 Å². The van der Waals surface area contributed by atoms with Gasteiger partial charge in [-0.3, -0.25) is 0 Å². The van der Waals surface area contributed by atoms with Crippen molar-refractivity contribution in [2.24, 2.45) is 5.92 Å². The first-order chi connectivity index (χ1) is 8.22. The number of benzene rings is 1. The summed E-state index contributed by atoms with van der Waals surface area (Å²) in [5.41, 5.74) is 0.664. The fraction of sp³-hybridized carbons (Fsp3) is 0.538. The number of nitrogens with one attached hydrogen (secondary N) is 1. The monoisotopic (exact) mass is 239 g/mol. The molecule has 1 fully saturated rings. The van der Waals surface area contributed by atoms with Gasteiger partial charge < -0.3 is 15.2 Å². The molecule has 2 N–H and O–H groups in total. The highest BCUT2D eigenvalue weighted by Crippen LogP contribution is 2.31. The van der Waals surface area contributed by atoms with E-state index in [1.54, 1.807) is 12.1 Å². The summed E-state index contributed by atoms with van der Waals surface area (Å²) < 4.78 is 18.4. The Morgan fingerprint density at radius 1 is 1.53 bits per heavy atom. The minimum atomic E-state index is -0.659. The number of methoxy groups -OCH3 is 1. The summed E-state index contributed by atoms with van der Waals surface area (Å²) in [6.45, 7) is 1.99. The van der Waals surface area contributed by atoms with E-state index in [4.69, 9.17) is 4.74 Å². The van der Waals surface area contributed by atoms with Crippen LogP contribution < -0.4 is 10.1 Å². The maximum absolute atomic E-state index is 13.6. The van der Waals surface area contributed by atoms with E-state index in [1.165, 1.54) is 7.11 Å². The van der Waals surface area contributed by atoms with Crippen molar-refractivity contribution in [1.82, 2.24) is 5.32 Å². The van der Waals surface area contributed by atoms with E-state index in [0.29, 0.717) is 17.9 Å². The minimum absolute atomic E-state index is 0.0908. The molecule has 1 aromatic carbocycles. The van der Waals surface area contributed by atoms with E-state index in [2.05, 4.69) is 5.32 Å². The Balaban J connectivity index is 2.12. The van der Waals surface area contributed by atoms with Gasteiger partial charge in [-0.1, -0.05) is 6.07 Å². The van der Waals surface area contributed by atoms with E-state index < -0.39 is 5.82 Å². The first-order valence-electron chi connectivity index (χ1n) is 5.97. The highest BCUT2D eigenvalue weighted by Gasteiger charge is 2.18. The average Bonchev–Trinajstić information content (AvgIpc) is 2.37. The molecule has 17 heavy (non-hydrogen) atoms. The van der Waals surface area contributed by atoms with Crippen molar-refractivity contribution in [3.8, 4) is 11.5 Å². The third-order valence-electron chi connectivity index (χ3n) is 3.29. The van der Waals surface area contributed by atoms with Gasteiger partial charge in [0.15, 0.2) is 11.5 Å². The van der Waals surface area contributed by atoms with E-state index >= 15 is 0 Å². The summed E-state index contributed by atoms with van der Waals surface area (Å²) in [6.07, 6.45) is 2.98. The van der Waals surface area contributed by atoms with Crippen molar-refractivity contribution >= 4 is 0 Å². The molecule has 0 spiro atoms. The molecule has 0 saturated carbocycles. The largest absolute Gasteiger partial charge is 0.505 e. The summed E-state index contributed by atoms with van der Waals surface area (Å²) in [4.78, 5) is 0. The van der Waals surface area contributed by atoms with Crippen LogP contribution in [0.25, 0.3) is 0 Å². The van der Waals surface area contributed by atoms with Crippen molar-refractivity contribution in [1.29, 1.82) is 0 Å². The molecule has 1 atom stereocenters. The SMILES string of the molecule is COc1ccc(CC2CCCNC2)c(O)c1F. The van der Waals surface area contributed by atoms with Crippen molar-refractivity contribution < 1.29 is 14.2 Å². The molecule has 0 aliphatic carbocycles.